The highest BCUT2D eigenvalue weighted by molar-refractivity contribution is 5.99. The second-order valence-electron chi connectivity index (χ2n) is 10.5. The van der Waals surface area contributed by atoms with E-state index < -0.39 is 11.7 Å². The van der Waals surface area contributed by atoms with Crippen LogP contribution in [0.4, 0.5) is 13.2 Å². The van der Waals surface area contributed by atoms with E-state index in [9.17, 15) is 13.2 Å². The van der Waals surface area contributed by atoms with Crippen molar-refractivity contribution < 1.29 is 18.0 Å². The van der Waals surface area contributed by atoms with Crippen molar-refractivity contribution >= 4 is 11.9 Å². The first-order chi connectivity index (χ1) is 17.8. The molecule has 0 aromatic heterocycles. The lowest BCUT2D eigenvalue weighted by molar-refractivity contribution is -0.138. The number of oxime groups is 1. The van der Waals surface area contributed by atoms with Gasteiger partial charge in [0.1, 0.15) is 6.61 Å². The third-order valence-electron chi connectivity index (χ3n) is 7.84. The first-order valence-corrected chi connectivity index (χ1v) is 13.9. The van der Waals surface area contributed by atoms with Crippen molar-refractivity contribution in [1.29, 1.82) is 0 Å². The van der Waals surface area contributed by atoms with E-state index in [2.05, 4.69) is 24.2 Å². The van der Waals surface area contributed by atoms with Gasteiger partial charge >= 0.3 is 6.18 Å². The summed E-state index contributed by atoms with van der Waals surface area (Å²) in [6.07, 6.45) is 9.45. The molecule has 2 saturated carbocycles. The van der Waals surface area contributed by atoms with Crippen molar-refractivity contribution in [2.75, 3.05) is 0 Å². The molecule has 0 N–H and O–H groups in total. The van der Waals surface area contributed by atoms with Gasteiger partial charge in [-0.1, -0.05) is 74.9 Å². The van der Waals surface area contributed by atoms with Crippen LogP contribution >= 0.6 is 0 Å². The minimum absolute atomic E-state index is 0.00185. The van der Waals surface area contributed by atoms with Crippen LogP contribution in [0.1, 0.15) is 117 Å². The number of aliphatic imine (C=N–C) groups is 1. The summed E-state index contributed by atoms with van der Waals surface area (Å²) in [5.41, 5.74) is 4.33. The lowest BCUT2D eigenvalue weighted by Crippen LogP contribution is -2.15. The molecule has 37 heavy (non-hydrogen) atoms. The molecule has 0 atom stereocenters. The molecule has 0 unspecified atom stereocenters. The van der Waals surface area contributed by atoms with Gasteiger partial charge in [-0.2, -0.15) is 13.2 Å². The first-order valence-electron chi connectivity index (χ1n) is 13.9. The molecular formula is C31H39F3N2O. The Morgan fingerprint density at radius 3 is 2.32 bits per heavy atom. The molecule has 6 heteroatoms. The molecule has 2 fully saturated rings. The van der Waals surface area contributed by atoms with Gasteiger partial charge in [0.25, 0.3) is 0 Å². The summed E-state index contributed by atoms with van der Waals surface area (Å²) < 4.78 is 41.5. The van der Waals surface area contributed by atoms with Crippen molar-refractivity contribution in [1.82, 2.24) is 0 Å². The number of alkyl halides is 3. The van der Waals surface area contributed by atoms with Gasteiger partial charge in [0.05, 0.1) is 11.3 Å². The van der Waals surface area contributed by atoms with Crippen LogP contribution in [-0.4, -0.2) is 18.0 Å². The van der Waals surface area contributed by atoms with E-state index in [0.717, 1.165) is 49.7 Å². The zero-order valence-electron chi connectivity index (χ0n) is 22.1. The number of benzene rings is 2. The van der Waals surface area contributed by atoms with Crippen molar-refractivity contribution in [3.63, 3.8) is 0 Å². The Kier molecular flexibility index (Phi) is 9.44. The second kappa shape index (κ2) is 12.7. The largest absolute Gasteiger partial charge is 0.416 e. The molecule has 0 heterocycles. The molecule has 2 aliphatic carbocycles. The van der Waals surface area contributed by atoms with E-state index in [1.807, 2.05) is 19.2 Å². The number of halogens is 3. The van der Waals surface area contributed by atoms with Gasteiger partial charge in [-0.3, -0.25) is 4.99 Å². The molecule has 0 aliphatic heterocycles. The molecule has 0 spiro atoms. The smallest absolute Gasteiger partial charge is 0.391 e. The summed E-state index contributed by atoms with van der Waals surface area (Å²) in [4.78, 5) is 10.3. The van der Waals surface area contributed by atoms with Crippen molar-refractivity contribution in [2.45, 2.75) is 109 Å². The van der Waals surface area contributed by atoms with Gasteiger partial charge in [-0.25, -0.2) is 0 Å². The fraction of sp³-hybridized carbons (Fsp3) is 0.548. The maximum absolute atomic E-state index is 13.8. The summed E-state index contributed by atoms with van der Waals surface area (Å²) in [6, 6.07) is 11.2. The Labute approximate surface area is 219 Å². The summed E-state index contributed by atoms with van der Waals surface area (Å²) in [7, 11) is 0. The maximum Gasteiger partial charge on any atom is 0.416 e. The third kappa shape index (κ3) is 7.45. The van der Waals surface area contributed by atoms with E-state index in [-0.39, 0.29) is 12.5 Å². The minimum atomic E-state index is -4.37. The maximum atomic E-state index is 13.8. The van der Waals surface area contributed by atoms with E-state index in [1.54, 1.807) is 12.1 Å². The Balaban J connectivity index is 1.42. The Bertz CT molecular complexity index is 1090. The Morgan fingerprint density at radius 2 is 1.65 bits per heavy atom. The highest BCUT2D eigenvalue weighted by Gasteiger charge is 2.35. The summed E-state index contributed by atoms with van der Waals surface area (Å²) >= 11 is 0. The predicted molar refractivity (Wildman–Crippen MR) is 145 cm³/mol. The topological polar surface area (TPSA) is 34.0 Å². The normalized spacial score (nSPS) is 18.5. The van der Waals surface area contributed by atoms with Crippen LogP contribution in [0.2, 0.25) is 0 Å². The SMILES string of the molecule is CCc1cc(/C(C)=N/OCc2ccc(C3CCCCC3)c(C(F)(F)F)c2)ccc1C=NC1CCCCC1. The van der Waals surface area contributed by atoms with Crippen LogP contribution in [-0.2, 0) is 24.0 Å². The molecule has 2 aliphatic rings. The average Bonchev–Trinajstić information content (AvgIpc) is 2.92. The lowest BCUT2D eigenvalue weighted by atomic mass is 9.81. The Morgan fingerprint density at radius 1 is 0.946 bits per heavy atom. The van der Waals surface area contributed by atoms with Crippen LogP contribution in [0.15, 0.2) is 46.5 Å². The van der Waals surface area contributed by atoms with Crippen LogP contribution in [0, 0.1) is 0 Å². The molecule has 2 aromatic rings. The number of hydrogen-bond donors (Lipinski definition) is 0. The van der Waals surface area contributed by atoms with Crippen LogP contribution in [0.5, 0.6) is 0 Å². The quantitative estimate of drug-likeness (QED) is 0.257. The van der Waals surface area contributed by atoms with Crippen LogP contribution < -0.4 is 0 Å². The zero-order valence-corrected chi connectivity index (χ0v) is 22.1. The van der Waals surface area contributed by atoms with Crippen molar-refractivity contribution in [3.05, 3.63) is 69.8 Å². The fourth-order valence-corrected chi connectivity index (χ4v) is 5.64. The average molecular weight is 513 g/mol. The molecule has 4 rings (SSSR count). The molecular weight excluding hydrogens is 473 g/mol. The molecule has 0 radical (unpaired) electrons. The van der Waals surface area contributed by atoms with Gasteiger partial charge in [0.15, 0.2) is 0 Å². The second-order valence-corrected chi connectivity index (χ2v) is 10.5. The van der Waals surface area contributed by atoms with E-state index in [0.29, 0.717) is 22.9 Å². The molecule has 200 valence electrons. The minimum Gasteiger partial charge on any atom is -0.391 e. The predicted octanol–water partition coefficient (Wildman–Crippen LogP) is 9.01. The number of aryl methyl sites for hydroxylation is 1. The zero-order chi connectivity index (χ0) is 26.3. The summed E-state index contributed by atoms with van der Waals surface area (Å²) in [5, 5.41) is 4.22. The van der Waals surface area contributed by atoms with E-state index >= 15 is 0 Å². The van der Waals surface area contributed by atoms with Crippen molar-refractivity contribution in [3.8, 4) is 0 Å². The number of nitrogens with zero attached hydrogens (tertiary/aromatic N) is 2. The van der Waals surface area contributed by atoms with E-state index in [4.69, 9.17) is 9.83 Å². The lowest BCUT2D eigenvalue weighted by Gasteiger charge is -2.25. The molecule has 0 saturated heterocycles. The number of rotatable bonds is 8. The van der Waals surface area contributed by atoms with Gasteiger partial charge in [-0.05, 0) is 84.9 Å². The van der Waals surface area contributed by atoms with Gasteiger partial charge in [0, 0.05) is 12.3 Å². The highest BCUT2D eigenvalue weighted by atomic mass is 19.4. The van der Waals surface area contributed by atoms with Gasteiger partial charge in [0.2, 0.25) is 0 Å². The van der Waals surface area contributed by atoms with Gasteiger partial charge in [-0.15, -0.1) is 0 Å². The monoisotopic (exact) mass is 512 g/mol. The van der Waals surface area contributed by atoms with Crippen LogP contribution in [0.3, 0.4) is 0 Å². The van der Waals surface area contributed by atoms with Crippen LogP contribution in [0.25, 0.3) is 0 Å². The van der Waals surface area contributed by atoms with Gasteiger partial charge < -0.3 is 4.84 Å². The summed E-state index contributed by atoms with van der Waals surface area (Å²) in [5.74, 6) is -0.0101. The first kappa shape index (κ1) is 27.4. The standard InChI is InChI=1S/C31H39F3N2O/c1-3-24-19-26(15-16-27(24)20-35-28-12-8-5-9-13-28)22(2)36-37-21-23-14-17-29(25-10-6-4-7-11-25)30(18-23)31(32,33)34/h14-20,25,28H,3-13,21H2,1-2H3/b35-20?,36-22+. The number of hydrogen-bond acceptors (Lipinski definition) is 3. The van der Waals surface area contributed by atoms with E-state index in [1.165, 1.54) is 43.7 Å². The summed E-state index contributed by atoms with van der Waals surface area (Å²) in [6.45, 7) is 3.98. The molecule has 0 bridgehead atoms. The molecule has 2 aromatic carbocycles. The Hall–Kier alpha value is -2.63. The van der Waals surface area contributed by atoms with Crippen molar-refractivity contribution in [2.24, 2.45) is 10.1 Å². The molecule has 0 amide bonds. The fourth-order valence-electron chi connectivity index (χ4n) is 5.64. The molecule has 3 nitrogen and oxygen atoms in total. The highest BCUT2D eigenvalue weighted by Crippen LogP contribution is 2.41. The third-order valence-corrected chi connectivity index (χ3v) is 7.84.